The highest BCUT2D eigenvalue weighted by atomic mass is 19.4. The fraction of sp³-hybridized carbons (Fsp3) is 0.435. The van der Waals surface area contributed by atoms with Crippen LogP contribution in [0.15, 0.2) is 36.4 Å². The summed E-state index contributed by atoms with van der Waals surface area (Å²) in [5.41, 5.74) is -1.30. The molecule has 5 nitrogen and oxygen atoms in total. The molecule has 0 atom stereocenters. The van der Waals surface area contributed by atoms with Crippen LogP contribution >= 0.6 is 0 Å². The highest BCUT2D eigenvalue weighted by Gasteiger charge is 2.32. The molecule has 0 radical (unpaired) electrons. The monoisotopic (exact) mass is 472 g/mol. The predicted molar refractivity (Wildman–Crippen MR) is 111 cm³/mol. The zero-order valence-corrected chi connectivity index (χ0v) is 18.3. The minimum absolute atomic E-state index is 0.296. The van der Waals surface area contributed by atoms with Crippen LogP contribution in [0.3, 0.4) is 0 Å². The summed E-state index contributed by atoms with van der Waals surface area (Å²) in [6.07, 6.45) is -4.36. The summed E-state index contributed by atoms with van der Waals surface area (Å²) < 4.78 is 71.9. The summed E-state index contributed by atoms with van der Waals surface area (Å²) in [4.78, 5) is 15.3. The molecule has 2 aromatic carbocycles. The molecule has 33 heavy (non-hydrogen) atoms. The van der Waals surface area contributed by atoms with Crippen LogP contribution in [0.4, 0.5) is 22.0 Å². The number of hydrogen-bond acceptors (Lipinski definition) is 4. The van der Waals surface area contributed by atoms with E-state index in [0.29, 0.717) is 44.8 Å². The molecule has 2 aromatic rings. The molecular weight excluding hydrogens is 447 g/mol. The van der Waals surface area contributed by atoms with Crippen molar-refractivity contribution in [3.63, 3.8) is 0 Å². The normalized spacial score (nSPS) is 16.1. The number of halogens is 5. The van der Waals surface area contributed by atoms with Gasteiger partial charge in [-0.1, -0.05) is 12.1 Å². The van der Waals surface area contributed by atoms with Gasteiger partial charge in [0.1, 0.15) is 0 Å². The van der Waals surface area contributed by atoms with Crippen molar-refractivity contribution in [2.24, 2.45) is 0 Å². The highest BCUT2D eigenvalue weighted by Crippen LogP contribution is 2.30. The summed E-state index contributed by atoms with van der Waals surface area (Å²) in [6, 6.07) is 7.33. The molecule has 0 aliphatic carbocycles. The second kappa shape index (κ2) is 9.64. The maximum atomic E-state index is 14.4. The topological polar surface area (TPSA) is 53.0 Å². The maximum absolute atomic E-state index is 14.4. The number of ether oxygens (including phenoxy) is 1. The zero-order valence-electron chi connectivity index (χ0n) is 18.3. The average Bonchev–Trinajstić information content (AvgIpc) is 2.72. The number of benzene rings is 2. The first-order valence-corrected chi connectivity index (χ1v) is 10.4. The van der Waals surface area contributed by atoms with E-state index in [4.69, 9.17) is 9.84 Å². The van der Waals surface area contributed by atoms with Crippen LogP contribution in [0.5, 0.6) is 5.75 Å². The van der Waals surface area contributed by atoms with Crippen LogP contribution in [0.25, 0.3) is 0 Å². The number of rotatable bonds is 7. The van der Waals surface area contributed by atoms with E-state index < -0.39 is 40.7 Å². The SMILES string of the molecule is CC(C)(Oc1c(F)cc(CN2CCN(Cc3ccc(C(F)(F)F)cc3)CC2)cc1F)C(=O)O. The van der Waals surface area contributed by atoms with E-state index in [1.165, 1.54) is 26.0 Å². The summed E-state index contributed by atoms with van der Waals surface area (Å²) in [5.74, 6) is -4.02. The van der Waals surface area contributed by atoms with E-state index in [1.54, 1.807) is 0 Å². The zero-order chi connectivity index (χ0) is 24.4. The summed E-state index contributed by atoms with van der Waals surface area (Å²) in [6.45, 7) is 5.76. The first-order valence-electron chi connectivity index (χ1n) is 10.4. The van der Waals surface area contributed by atoms with Gasteiger partial charge in [-0.25, -0.2) is 13.6 Å². The van der Waals surface area contributed by atoms with Gasteiger partial charge in [-0.15, -0.1) is 0 Å². The van der Waals surface area contributed by atoms with Gasteiger partial charge < -0.3 is 9.84 Å². The Bertz CT molecular complexity index is 962. The quantitative estimate of drug-likeness (QED) is 0.600. The Kier molecular flexibility index (Phi) is 7.28. The van der Waals surface area contributed by atoms with Crippen LogP contribution in [0.1, 0.15) is 30.5 Å². The van der Waals surface area contributed by atoms with Crippen molar-refractivity contribution in [2.45, 2.75) is 38.7 Å². The molecule has 1 heterocycles. The number of hydrogen-bond donors (Lipinski definition) is 1. The minimum atomic E-state index is -4.36. The van der Waals surface area contributed by atoms with E-state index in [0.717, 1.165) is 29.8 Å². The third-order valence-corrected chi connectivity index (χ3v) is 5.49. The molecule has 1 fully saturated rings. The van der Waals surface area contributed by atoms with Gasteiger partial charge >= 0.3 is 12.1 Å². The smallest absolute Gasteiger partial charge is 0.416 e. The number of carbonyl (C=O) groups is 1. The van der Waals surface area contributed by atoms with Crippen molar-refractivity contribution in [2.75, 3.05) is 26.2 Å². The third kappa shape index (κ3) is 6.42. The lowest BCUT2D eigenvalue weighted by molar-refractivity contribution is -0.152. The van der Waals surface area contributed by atoms with Crippen molar-refractivity contribution in [3.8, 4) is 5.75 Å². The van der Waals surface area contributed by atoms with Crippen molar-refractivity contribution in [3.05, 3.63) is 64.7 Å². The van der Waals surface area contributed by atoms with E-state index >= 15 is 0 Å². The summed E-state index contributed by atoms with van der Waals surface area (Å²) in [5, 5.41) is 9.09. The first kappa shape index (κ1) is 24.9. The van der Waals surface area contributed by atoms with Crippen LogP contribution in [-0.4, -0.2) is 52.7 Å². The van der Waals surface area contributed by atoms with E-state index in [2.05, 4.69) is 4.90 Å². The molecule has 1 N–H and O–H groups in total. The predicted octanol–water partition coefficient (Wildman–Crippen LogP) is 4.54. The standard InChI is InChI=1S/C23H25F5N2O3/c1-22(2,21(31)32)33-20-18(24)11-16(12-19(20)25)14-30-9-7-29(8-10-30)13-15-3-5-17(6-4-15)23(26,27)28/h3-6,11-12H,7-10,13-14H2,1-2H3,(H,31,32). The first-order chi connectivity index (χ1) is 15.3. The molecule has 0 spiro atoms. The van der Waals surface area contributed by atoms with Crippen molar-refractivity contribution < 1.29 is 36.6 Å². The van der Waals surface area contributed by atoms with Gasteiger partial charge in [-0.05, 0) is 49.2 Å². The molecule has 180 valence electrons. The maximum Gasteiger partial charge on any atom is 0.416 e. The fourth-order valence-electron chi connectivity index (χ4n) is 3.52. The number of piperazine rings is 1. The Morgan fingerprint density at radius 3 is 1.79 bits per heavy atom. The van der Waals surface area contributed by atoms with Crippen LogP contribution < -0.4 is 4.74 Å². The van der Waals surface area contributed by atoms with Crippen molar-refractivity contribution in [1.29, 1.82) is 0 Å². The summed E-state index contributed by atoms with van der Waals surface area (Å²) in [7, 11) is 0. The van der Waals surface area contributed by atoms with E-state index in [1.807, 2.05) is 4.90 Å². The Labute approximate surface area is 188 Å². The minimum Gasteiger partial charge on any atom is -0.478 e. The van der Waals surface area contributed by atoms with Gasteiger partial charge in [0.15, 0.2) is 23.0 Å². The summed E-state index contributed by atoms with van der Waals surface area (Å²) >= 11 is 0. The molecule has 0 amide bonds. The van der Waals surface area contributed by atoms with Gasteiger partial charge in [0, 0.05) is 39.3 Å². The van der Waals surface area contributed by atoms with Crippen molar-refractivity contribution in [1.82, 2.24) is 9.80 Å². The van der Waals surface area contributed by atoms with Gasteiger partial charge in [0.2, 0.25) is 0 Å². The van der Waals surface area contributed by atoms with E-state index in [9.17, 15) is 26.7 Å². The van der Waals surface area contributed by atoms with Gasteiger partial charge in [0.25, 0.3) is 0 Å². The molecule has 1 aliphatic heterocycles. The van der Waals surface area contributed by atoms with Gasteiger partial charge in [0.05, 0.1) is 5.56 Å². The number of nitrogens with zero attached hydrogens (tertiary/aromatic N) is 2. The highest BCUT2D eigenvalue weighted by molar-refractivity contribution is 5.76. The Morgan fingerprint density at radius 1 is 0.909 bits per heavy atom. The second-order valence-corrected chi connectivity index (χ2v) is 8.55. The molecular formula is C23H25F5N2O3. The molecule has 0 aromatic heterocycles. The number of aliphatic carboxylic acids is 1. The van der Waals surface area contributed by atoms with Gasteiger partial charge in [-0.3, -0.25) is 9.80 Å². The number of alkyl halides is 3. The van der Waals surface area contributed by atoms with Crippen LogP contribution in [0, 0.1) is 11.6 Å². The molecule has 1 aliphatic rings. The second-order valence-electron chi connectivity index (χ2n) is 8.55. The molecule has 1 saturated heterocycles. The third-order valence-electron chi connectivity index (χ3n) is 5.49. The molecule has 0 unspecified atom stereocenters. The Balaban J connectivity index is 1.55. The lowest BCUT2D eigenvalue weighted by Crippen LogP contribution is -2.45. The van der Waals surface area contributed by atoms with Crippen LogP contribution in [-0.2, 0) is 24.1 Å². The molecule has 0 bridgehead atoms. The Hall–Kier alpha value is -2.72. The average molecular weight is 472 g/mol. The molecule has 3 rings (SSSR count). The van der Waals surface area contributed by atoms with Crippen LogP contribution in [0.2, 0.25) is 0 Å². The van der Waals surface area contributed by atoms with E-state index in [-0.39, 0.29) is 0 Å². The Morgan fingerprint density at radius 2 is 1.36 bits per heavy atom. The van der Waals surface area contributed by atoms with Crippen molar-refractivity contribution >= 4 is 5.97 Å². The molecule has 0 saturated carbocycles. The largest absolute Gasteiger partial charge is 0.478 e. The number of carboxylic acids is 1. The lowest BCUT2D eigenvalue weighted by atomic mass is 10.1. The molecule has 10 heteroatoms. The fourth-order valence-corrected chi connectivity index (χ4v) is 3.52. The lowest BCUT2D eigenvalue weighted by Gasteiger charge is -2.34. The number of carboxylic acid groups (broad SMARTS) is 1. The van der Waals surface area contributed by atoms with Gasteiger partial charge in [-0.2, -0.15) is 13.2 Å².